The van der Waals surface area contributed by atoms with Crippen molar-refractivity contribution in [1.29, 1.82) is 0 Å². The van der Waals surface area contributed by atoms with Gasteiger partial charge >= 0.3 is 0 Å². The smallest absolute Gasteiger partial charge is 0.227 e. The summed E-state index contributed by atoms with van der Waals surface area (Å²) in [7, 11) is 1.65. The van der Waals surface area contributed by atoms with E-state index in [-0.39, 0.29) is 5.92 Å². The molecule has 0 spiro atoms. The molecule has 0 bridgehead atoms. The third-order valence-electron chi connectivity index (χ3n) is 6.55. The molecule has 5 nitrogen and oxygen atoms in total. The number of carbonyl (C=O) groups excluding carboxylic acids is 1. The summed E-state index contributed by atoms with van der Waals surface area (Å²) in [5, 5.41) is 3.42. The van der Waals surface area contributed by atoms with Crippen LogP contribution in [0.1, 0.15) is 30.7 Å². The van der Waals surface area contributed by atoms with Gasteiger partial charge in [-0.1, -0.05) is 42.5 Å². The average Bonchev–Trinajstić information content (AvgIpc) is 3.28. The van der Waals surface area contributed by atoms with Crippen LogP contribution in [0.3, 0.4) is 0 Å². The first-order chi connectivity index (χ1) is 14.8. The SMILES string of the molecule is COc1ccccc1OCCC1CNCC1C(=O)N1CCC(c2ccccc2)CC1. The van der Waals surface area contributed by atoms with E-state index in [2.05, 4.69) is 40.5 Å². The molecule has 2 atom stereocenters. The van der Waals surface area contributed by atoms with Crippen molar-refractivity contribution in [2.24, 2.45) is 11.8 Å². The summed E-state index contributed by atoms with van der Waals surface area (Å²) in [6.07, 6.45) is 2.97. The number of piperidine rings is 1. The first kappa shape index (κ1) is 20.7. The number of hydrogen-bond acceptors (Lipinski definition) is 4. The molecular formula is C25H32N2O3. The van der Waals surface area contributed by atoms with E-state index in [1.165, 1.54) is 5.56 Å². The van der Waals surface area contributed by atoms with Crippen molar-refractivity contribution < 1.29 is 14.3 Å². The van der Waals surface area contributed by atoms with Crippen LogP contribution < -0.4 is 14.8 Å². The lowest BCUT2D eigenvalue weighted by atomic mass is 9.87. The van der Waals surface area contributed by atoms with Gasteiger partial charge in [0.05, 0.1) is 19.6 Å². The fourth-order valence-electron chi connectivity index (χ4n) is 4.78. The number of para-hydroxylation sites is 2. The van der Waals surface area contributed by atoms with Crippen molar-refractivity contribution >= 4 is 5.91 Å². The first-order valence-electron chi connectivity index (χ1n) is 11.1. The van der Waals surface area contributed by atoms with Crippen molar-refractivity contribution in [1.82, 2.24) is 10.2 Å². The van der Waals surface area contributed by atoms with E-state index in [1.54, 1.807) is 7.11 Å². The second-order valence-corrected chi connectivity index (χ2v) is 8.32. The Hall–Kier alpha value is -2.53. The number of benzene rings is 2. The molecule has 2 unspecified atom stereocenters. The predicted molar refractivity (Wildman–Crippen MR) is 118 cm³/mol. The highest BCUT2D eigenvalue weighted by Crippen LogP contribution is 2.31. The van der Waals surface area contributed by atoms with Gasteiger partial charge in [-0.25, -0.2) is 0 Å². The number of methoxy groups -OCH3 is 1. The standard InChI is InChI=1S/C25H32N2O3/c1-29-23-9-5-6-10-24(23)30-16-13-21-17-26-18-22(21)25(28)27-14-11-20(12-15-27)19-7-3-2-4-8-19/h2-10,20-22,26H,11-18H2,1H3. The van der Waals surface area contributed by atoms with Gasteiger partial charge in [0.25, 0.3) is 0 Å². The predicted octanol–water partition coefficient (Wildman–Crippen LogP) is 3.71. The maximum absolute atomic E-state index is 13.2. The molecule has 0 radical (unpaired) electrons. The molecule has 2 aliphatic heterocycles. The fraction of sp³-hybridized carbons (Fsp3) is 0.480. The second-order valence-electron chi connectivity index (χ2n) is 8.32. The van der Waals surface area contributed by atoms with Crippen LogP contribution in [0, 0.1) is 11.8 Å². The minimum Gasteiger partial charge on any atom is -0.493 e. The number of rotatable bonds is 7. The number of amides is 1. The highest BCUT2D eigenvalue weighted by molar-refractivity contribution is 5.80. The van der Waals surface area contributed by atoms with Crippen LogP contribution in [0.25, 0.3) is 0 Å². The Kier molecular flexibility index (Phi) is 6.90. The van der Waals surface area contributed by atoms with Gasteiger partial charge in [-0.15, -0.1) is 0 Å². The molecule has 160 valence electrons. The van der Waals surface area contributed by atoms with E-state index >= 15 is 0 Å². The van der Waals surface area contributed by atoms with Gasteiger partial charge in [-0.05, 0) is 55.3 Å². The second kappa shape index (κ2) is 9.98. The lowest BCUT2D eigenvalue weighted by Gasteiger charge is -2.34. The third kappa shape index (κ3) is 4.78. The lowest BCUT2D eigenvalue weighted by molar-refractivity contribution is -0.137. The summed E-state index contributed by atoms with van der Waals surface area (Å²) < 4.78 is 11.3. The van der Waals surface area contributed by atoms with Crippen LogP contribution >= 0.6 is 0 Å². The Morgan fingerprint density at radius 1 is 1.00 bits per heavy atom. The summed E-state index contributed by atoms with van der Waals surface area (Å²) in [6, 6.07) is 18.4. The Balaban J connectivity index is 1.27. The Morgan fingerprint density at radius 2 is 1.70 bits per heavy atom. The van der Waals surface area contributed by atoms with Crippen LogP contribution in [-0.4, -0.2) is 50.7 Å². The quantitative estimate of drug-likeness (QED) is 0.759. The molecule has 2 aromatic rings. The molecule has 2 saturated heterocycles. The van der Waals surface area contributed by atoms with Gasteiger partial charge in [0.1, 0.15) is 0 Å². The highest BCUT2D eigenvalue weighted by Gasteiger charge is 2.36. The molecule has 30 heavy (non-hydrogen) atoms. The molecule has 1 N–H and O–H groups in total. The molecule has 2 aromatic carbocycles. The van der Waals surface area contributed by atoms with Gasteiger partial charge in [-0.3, -0.25) is 4.79 Å². The van der Waals surface area contributed by atoms with E-state index in [1.807, 2.05) is 24.3 Å². The molecular weight excluding hydrogens is 376 g/mol. The van der Waals surface area contributed by atoms with Crippen molar-refractivity contribution in [2.75, 3.05) is 39.9 Å². The van der Waals surface area contributed by atoms with Crippen LogP contribution in [0.4, 0.5) is 0 Å². The summed E-state index contributed by atoms with van der Waals surface area (Å²) >= 11 is 0. The van der Waals surface area contributed by atoms with Crippen molar-refractivity contribution in [3.63, 3.8) is 0 Å². The fourth-order valence-corrected chi connectivity index (χ4v) is 4.78. The van der Waals surface area contributed by atoms with Crippen molar-refractivity contribution in [3.05, 3.63) is 60.2 Å². The van der Waals surface area contributed by atoms with Gasteiger partial charge < -0.3 is 19.7 Å². The van der Waals surface area contributed by atoms with E-state index in [9.17, 15) is 4.79 Å². The van der Waals surface area contributed by atoms with E-state index in [0.717, 1.165) is 56.9 Å². The Bertz CT molecular complexity index is 818. The van der Waals surface area contributed by atoms with Crippen molar-refractivity contribution in [2.45, 2.75) is 25.2 Å². The minimum atomic E-state index is 0.0551. The minimum absolute atomic E-state index is 0.0551. The zero-order valence-electron chi connectivity index (χ0n) is 17.8. The largest absolute Gasteiger partial charge is 0.493 e. The van der Waals surface area contributed by atoms with Gasteiger partial charge in [0.15, 0.2) is 11.5 Å². The highest BCUT2D eigenvalue weighted by atomic mass is 16.5. The van der Waals surface area contributed by atoms with E-state index < -0.39 is 0 Å². The van der Waals surface area contributed by atoms with Crippen LogP contribution in [0.2, 0.25) is 0 Å². The summed E-state index contributed by atoms with van der Waals surface area (Å²) in [5.41, 5.74) is 1.40. The summed E-state index contributed by atoms with van der Waals surface area (Å²) in [5.74, 6) is 2.77. The van der Waals surface area contributed by atoms with Gasteiger partial charge in [-0.2, -0.15) is 0 Å². The molecule has 5 heteroatoms. The molecule has 1 amide bonds. The molecule has 2 fully saturated rings. The van der Waals surface area contributed by atoms with E-state index in [0.29, 0.717) is 24.3 Å². The zero-order valence-corrected chi connectivity index (χ0v) is 17.8. The topological polar surface area (TPSA) is 50.8 Å². The average molecular weight is 409 g/mol. The van der Waals surface area contributed by atoms with Gasteiger partial charge in [0, 0.05) is 19.6 Å². The summed E-state index contributed by atoms with van der Waals surface area (Å²) in [6.45, 7) is 3.97. The maximum atomic E-state index is 13.2. The molecule has 0 saturated carbocycles. The number of nitrogens with one attached hydrogen (secondary N) is 1. The lowest BCUT2D eigenvalue weighted by Crippen LogP contribution is -2.43. The number of likely N-dealkylation sites (tertiary alicyclic amines) is 1. The van der Waals surface area contributed by atoms with Crippen LogP contribution in [-0.2, 0) is 4.79 Å². The number of ether oxygens (including phenoxy) is 2. The Morgan fingerprint density at radius 3 is 2.43 bits per heavy atom. The van der Waals surface area contributed by atoms with Crippen LogP contribution in [0.5, 0.6) is 11.5 Å². The summed E-state index contributed by atoms with van der Waals surface area (Å²) in [4.78, 5) is 15.3. The first-order valence-corrected chi connectivity index (χ1v) is 11.1. The monoisotopic (exact) mass is 408 g/mol. The zero-order chi connectivity index (χ0) is 20.8. The number of hydrogen-bond donors (Lipinski definition) is 1. The number of nitrogens with zero attached hydrogens (tertiary/aromatic N) is 1. The van der Waals surface area contributed by atoms with Gasteiger partial charge in [0.2, 0.25) is 5.91 Å². The molecule has 0 aliphatic carbocycles. The van der Waals surface area contributed by atoms with Crippen LogP contribution in [0.15, 0.2) is 54.6 Å². The Labute approximate surface area is 179 Å². The van der Waals surface area contributed by atoms with E-state index in [4.69, 9.17) is 9.47 Å². The molecule has 2 aliphatic rings. The number of carbonyl (C=O) groups is 1. The molecule has 0 aromatic heterocycles. The third-order valence-corrected chi connectivity index (χ3v) is 6.55. The normalized spacial score (nSPS) is 22.1. The van der Waals surface area contributed by atoms with Crippen molar-refractivity contribution in [3.8, 4) is 11.5 Å². The molecule has 2 heterocycles. The maximum Gasteiger partial charge on any atom is 0.227 e. The molecule has 4 rings (SSSR count).